The number of carbonyl (C=O) groups excluding carboxylic acids is 1. The van der Waals surface area contributed by atoms with Gasteiger partial charge in [-0.1, -0.05) is 38.5 Å². The third-order valence-corrected chi connectivity index (χ3v) is 3.48. The largest absolute Gasteiger partial charge is 0.294 e. The van der Waals surface area contributed by atoms with Gasteiger partial charge in [-0.25, -0.2) is 0 Å². The van der Waals surface area contributed by atoms with E-state index in [2.05, 4.69) is 5.10 Å². The number of nitrogens with zero attached hydrogens (tertiary/aromatic N) is 2. The molecular formula is C13H20N2O. The first-order valence-corrected chi connectivity index (χ1v) is 6.27. The Balaban J connectivity index is 1.90. The Morgan fingerprint density at radius 2 is 2.06 bits per heavy atom. The molecule has 2 rings (SSSR count). The summed E-state index contributed by atoms with van der Waals surface area (Å²) in [5, 5.41) is 4.05. The molecule has 0 bridgehead atoms. The average Bonchev–Trinajstić information content (AvgIpc) is 2.54. The number of hydrogen-bond donors (Lipinski definition) is 0. The lowest BCUT2D eigenvalue weighted by Crippen LogP contribution is -2.07. The van der Waals surface area contributed by atoms with E-state index in [1.807, 2.05) is 13.2 Å². The summed E-state index contributed by atoms with van der Waals surface area (Å²) < 4.78 is 1.69. The molecule has 0 amide bonds. The minimum absolute atomic E-state index is 0.264. The third-order valence-electron chi connectivity index (χ3n) is 3.48. The smallest absolute Gasteiger partial charge is 0.166 e. The first-order valence-electron chi connectivity index (χ1n) is 6.27. The molecule has 0 aromatic carbocycles. The molecular weight excluding hydrogens is 200 g/mol. The van der Waals surface area contributed by atoms with E-state index in [4.69, 9.17) is 0 Å². The van der Waals surface area contributed by atoms with E-state index in [-0.39, 0.29) is 5.78 Å². The summed E-state index contributed by atoms with van der Waals surface area (Å²) in [5.41, 5.74) is 0.770. The molecule has 1 aliphatic carbocycles. The Kier molecular flexibility index (Phi) is 3.75. The SMILES string of the molecule is Cn1cc(C(=O)CC2CCCCCC2)cn1. The van der Waals surface area contributed by atoms with Crippen molar-refractivity contribution in [2.75, 3.05) is 0 Å². The van der Waals surface area contributed by atoms with Gasteiger partial charge in [0, 0.05) is 19.7 Å². The summed E-state index contributed by atoms with van der Waals surface area (Å²) in [4.78, 5) is 12.0. The lowest BCUT2D eigenvalue weighted by molar-refractivity contribution is 0.0957. The monoisotopic (exact) mass is 220 g/mol. The Hall–Kier alpha value is -1.12. The van der Waals surface area contributed by atoms with Crippen molar-refractivity contribution in [1.29, 1.82) is 0 Å². The molecule has 0 spiro atoms. The van der Waals surface area contributed by atoms with E-state index in [1.54, 1.807) is 10.9 Å². The maximum Gasteiger partial charge on any atom is 0.166 e. The van der Waals surface area contributed by atoms with Crippen LogP contribution in [0.1, 0.15) is 55.3 Å². The van der Waals surface area contributed by atoms with E-state index in [0.29, 0.717) is 12.3 Å². The molecule has 1 heterocycles. The summed E-state index contributed by atoms with van der Waals surface area (Å²) >= 11 is 0. The molecule has 1 aliphatic rings. The highest BCUT2D eigenvalue weighted by atomic mass is 16.1. The van der Waals surface area contributed by atoms with Crippen molar-refractivity contribution in [1.82, 2.24) is 9.78 Å². The summed E-state index contributed by atoms with van der Waals surface area (Å²) in [6.45, 7) is 0. The quantitative estimate of drug-likeness (QED) is 0.580. The van der Waals surface area contributed by atoms with Crippen molar-refractivity contribution in [2.45, 2.75) is 44.9 Å². The molecule has 1 aromatic heterocycles. The van der Waals surface area contributed by atoms with Crippen LogP contribution in [0.5, 0.6) is 0 Å². The molecule has 0 atom stereocenters. The van der Waals surface area contributed by atoms with Gasteiger partial charge in [0.05, 0.1) is 11.8 Å². The van der Waals surface area contributed by atoms with Gasteiger partial charge in [0.15, 0.2) is 5.78 Å². The first kappa shape index (κ1) is 11.4. The van der Waals surface area contributed by atoms with Crippen LogP contribution in [0.3, 0.4) is 0 Å². The van der Waals surface area contributed by atoms with Crippen LogP contribution in [0.4, 0.5) is 0 Å². The maximum absolute atomic E-state index is 12.0. The fourth-order valence-electron chi connectivity index (χ4n) is 2.51. The van der Waals surface area contributed by atoms with E-state index in [1.165, 1.54) is 38.5 Å². The second kappa shape index (κ2) is 5.28. The van der Waals surface area contributed by atoms with Crippen molar-refractivity contribution in [3.05, 3.63) is 18.0 Å². The Labute approximate surface area is 96.8 Å². The van der Waals surface area contributed by atoms with Gasteiger partial charge in [-0.2, -0.15) is 5.10 Å². The average molecular weight is 220 g/mol. The fourth-order valence-corrected chi connectivity index (χ4v) is 2.51. The van der Waals surface area contributed by atoms with Crippen molar-refractivity contribution < 1.29 is 4.79 Å². The molecule has 0 unspecified atom stereocenters. The van der Waals surface area contributed by atoms with Gasteiger partial charge >= 0.3 is 0 Å². The van der Waals surface area contributed by atoms with Crippen LogP contribution in [0.25, 0.3) is 0 Å². The van der Waals surface area contributed by atoms with Crippen LogP contribution in [0.15, 0.2) is 12.4 Å². The molecule has 0 N–H and O–H groups in total. The number of rotatable bonds is 3. The van der Waals surface area contributed by atoms with Gasteiger partial charge in [0.1, 0.15) is 0 Å². The highest BCUT2D eigenvalue weighted by Crippen LogP contribution is 2.26. The van der Waals surface area contributed by atoms with Crippen molar-refractivity contribution >= 4 is 5.78 Å². The van der Waals surface area contributed by atoms with Gasteiger partial charge < -0.3 is 0 Å². The van der Waals surface area contributed by atoms with Crippen molar-refractivity contribution in [3.8, 4) is 0 Å². The zero-order chi connectivity index (χ0) is 11.4. The molecule has 1 fully saturated rings. The number of aryl methyl sites for hydroxylation is 1. The Morgan fingerprint density at radius 3 is 2.62 bits per heavy atom. The van der Waals surface area contributed by atoms with E-state index < -0.39 is 0 Å². The topological polar surface area (TPSA) is 34.9 Å². The molecule has 1 aromatic rings. The zero-order valence-electron chi connectivity index (χ0n) is 9.98. The molecule has 0 saturated heterocycles. The van der Waals surface area contributed by atoms with Crippen LogP contribution in [0, 0.1) is 5.92 Å². The third kappa shape index (κ3) is 2.94. The van der Waals surface area contributed by atoms with Crippen LogP contribution >= 0.6 is 0 Å². The van der Waals surface area contributed by atoms with E-state index in [0.717, 1.165) is 5.56 Å². The van der Waals surface area contributed by atoms with Crippen molar-refractivity contribution in [3.63, 3.8) is 0 Å². The van der Waals surface area contributed by atoms with Gasteiger partial charge in [-0.05, 0) is 5.92 Å². The van der Waals surface area contributed by atoms with Gasteiger partial charge in [0.25, 0.3) is 0 Å². The van der Waals surface area contributed by atoms with Crippen LogP contribution in [-0.4, -0.2) is 15.6 Å². The van der Waals surface area contributed by atoms with E-state index in [9.17, 15) is 4.79 Å². The molecule has 88 valence electrons. The van der Waals surface area contributed by atoms with Gasteiger partial charge in [-0.3, -0.25) is 9.48 Å². The number of aromatic nitrogens is 2. The highest BCUT2D eigenvalue weighted by Gasteiger charge is 2.17. The second-order valence-electron chi connectivity index (χ2n) is 4.89. The first-order chi connectivity index (χ1) is 7.75. The lowest BCUT2D eigenvalue weighted by atomic mass is 9.93. The van der Waals surface area contributed by atoms with Gasteiger partial charge in [-0.15, -0.1) is 0 Å². The standard InChI is InChI=1S/C13H20N2O/c1-15-10-12(9-14-15)13(16)8-11-6-4-2-3-5-7-11/h9-11H,2-8H2,1H3. The van der Waals surface area contributed by atoms with Crippen LogP contribution in [0.2, 0.25) is 0 Å². The number of ketones is 1. The Morgan fingerprint density at radius 1 is 1.38 bits per heavy atom. The minimum Gasteiger partial charge on any atom is -0.294 e. The predicted octanol–water partition coefficient (Wildman–Crippen LogP) is 2.96. The summed E-state index contributed by atoms with van der Waals surface area (Å²) in [5.74, 6) is 0.871. The summed E-state index contributed by atoms with van der Waals surface area (Å²) in [6.07, 6.45) is 12.0. The summed E-state index contributed by atoms with van der Waals surface area (Å²) in [6, 6.07) is 0. The van der Waals surface area contributed by atoms with Crippen molar-refractivity contribution in [2.24, 2.45) is 13.0 Å². The van der Waals surface area contributed by atoms with E-state index >= 15 is 0 Å². The van der Waals surface area contributed by atoms with Gasteiger partial charge in [0.2, 0.25) is 0 Å². The normalized spacial score (nSPS) is 18.3. The highest BCUT2D eigenvalue weighted by molar-refractivity contribution is 5.95. The number of carbonyl (C=O) groups is 1. The molecule has 3 nitrogen and oxygen atoms in total. The fraction of sp³-hybridized carbons (Fsp3) is 0.692. The summed E-state index contributed by atoms with van der Waals surface area (Å²) in [7, 11) is 1.85. The lowest BCUT2D eigenvalue weighted by Gasteiger charge is -2.11. The molecule has 0 radical (unpaired) electrons. The predicted molar refractivity (Wildman–Crippen MR) is 63.3 cm³/mol. The zero-order valence-corrected chi connectivity index (χ0v) is 9.98. The second-order valence-corrected chi connectivity index (χ2v) is 4.89. The van der Waals surface area contributed by atoms with Crippen LogP contribution < -0.4 is 0 Å². The Bertz CT molecular complexity index is 349. The number of Topliss-reactive ketones (excluding diaryl/α,β-unsaturated/α-hetero) is 1. The minimum atomic E-state index is 0.264. The number of hydrogen-bond acceptors (Lipinski definition) is 2. The maximum atomic E-state index is 12.0. The van der Waals surface area contributed by atoms with Crippen LogP contribution in [-0.2, 0) is 7.05 Å². The molecule has 3 heteroatoms. The molecule has 1 saturated carbocycles. The molecule has 16 heavy (non-hydrogen) atoms. The molecule has 0 aliphatic heterocycles.